The van der Waals surface area contributed by atoms with Gasteiger partial charge in [0, 0.05) is 25.1 Å². The van der Waals surface area contributed by atoms with E-state index in [1.165, 1.54) is 14.0 Å². The number of carbonyl (C=O) groups is 2. The lowest BCUT2D eigenvalue weighted by atomic mass is 10.0. The largest absolute Gasteiger partial charge is 0.382 e. The van der Waals surface area contributed by atoms with E-state index in [-0.39, 0.29) is 0 Å². The van der Waals surface area contributed by atoms with Crippen molar-refractivity contribution in [3.05, 3.63) is 42.7 Å². The van der Waals surface area contributed by atoms with Crippen molar-refractivity contribution in [1.82, 2.24) is 15.1 Å². The van der Waals surface area contributed by atoms with Gasteiger partial charge in [-0.15, -0.1) is 0 Å². The number of rotatable bonds is 5. The Hall–Kier alpha value is -2.67. The van der Waals surface area contributed by atoms with Crippen LogP contribution in [0.15, 0.2) is 42.7 Å². The Labute approximate surface area is 128 Å². The summed E-state index contributed by atoms with van der Waals surface area (Å²) in [5.41, 5.74) is 1.38. The van der Waals surface area contributed by atoms with Gasteiger partial charge in [0.2, 0.25) is 5.91 Å². The third-order valence-corrected chi connectivity index (χ3v) is 3.31. The lowest BCUT2D eigenvalue weighted by molar-refractivity contribution is -0.135. The highest BCUT2D eigenvalue weighted by atomic mass is 16.3. The van der Waals surface area contributed by atoms with Crippen LogP contribution >= 0.6 is 0 Å². The molecule has 7 heteroatoms. The second kappa shape index (κ2) is 6.86. The predicted octanol–water partition coefficient (Wildman–Crippen LogP) is 0.554. The van der Waals surface area contributed by atoms with E-state index in [4.69, 9.17) is 0 Å². The van der Waals surface area contributed by atoms with Crippen molar-refractivity contribution in [1.29, 1.82) is 0 Å². The molecule has 0 bridgehead atoms. The molecule has 2 aromatic rings. The van der Waals surface area contributed by atoms with E-state index in [9.17, 15) is 14.7 Å². The molecule has 0 aliphatic rings. The molecule has 2 amide bonds. The van der Waals surface area contributed by atoms with Gasteiger partial charge < -0.3 is 15.7 Å². The number of aliphatic hydroxyl groups excluding tert-OH is 1. The SMILES string of the molecule is CNC(=O)[C@H](C)[C@@H](O)C(=O)Nc1ccc(-n2cccn2)cc1. The number of carbonyl (C=O) groups excluding carboxylic acids is 2. The highest BCUT2D eigenvalue weighted by Gasteiger charge is 2.27. The molecule has 2 rings (SSSR count). The second-order valence-corrected chi connectivity index (χ2v) is 4.83. The monoisotopic (exact) mass is 302 g/mol. The molecule has 0 aliphatic heterocycles. The summed E-state index contributed by atoms with van der Waals surface area (Å²) >= 11 is 0. The molecule has 22 heavy (non-hydrogen) atoms. The van der Waals surface area contributed by atoms with Crippen LogP contribution in [-0.2, 0) is 9.59 Å². The van der Waals surface area contributed by atoms with E-state index in [2.05, 4.69) is 15.7 Å². The molecule has 1 aromatic heterocycles. The minimum absolute atomic E-state index is 0.392. The minimum atomic E-state index is -1.41. The lowest BCUT2D eigenvalue weighted by Crippen LogP contribution is -2.40. The molecule has 7 nitrogen and oxygen atoms in total. The number of aromatic nitrogens is 2. The van der Waals surface area contributed by atoms with Gasteiger partial charge in [0.05, 0.1) is 11.6 Å². The Morgan fingerprint density at radius 1 is 1.23 bits per heavy atom. The van der Waals surface area contributed by atoms with Gasteiger partial charge in [-0.2, -0.15) is 5.10 Å². The minimum Gasteiger partial charge on any atom is -0.382 e. The molecule has 1 heterocycles. The number of amides is 2. The number of nitrogens with zero attached hydrogens (tertiary/aromatic N) is 2. The molecule has 0 aliphatic carbocycles. The third-order valence-electron chi connectivity index (χ3n) is 3.31. The Morgan fingerprint density at radius 3 is 2.45 bits per heavy atom. The average molecular weight is 302 g/mol. The van der Waals surface area contributed by atoms with Gasteiger partial charge in [-0.25, -0.2) is 4.68 Å². The first-order valence-corrected chi connectivity index (χ1v) is 6.83. The third kappa shape index (κ3) is 3.50. The summed E-state index contributed by atoms with van der Waals surface area (Å²) in [6.45, 7) is 1.49. The number of hydrogen-bond donors (Lipinski definition) is 3. The van der Waals surface area contributed by atoms with Crippen LogP contribution in [0.25, 0.3) is 5.69 Å². The van der Waals surface area contributed by atoms with E-state index >= 15 is 0 Å². The Bertz CT molecular complexity index is 637. The molecule has 0 unspecified atom stereocenters. The number of nitrogens with one attached hydrogen (secondary N) is 2. The summed E-state index contributed by atoms with van der Waals surface area (Å²) < 4.78 is 1.69. The van der Waals surface area contributed by atoms with Crippen LogP contribution in [0.2, 0.25) is 0 Å². The fraction of sp³-hybridized carbons (Fsp3) is 0.267. The van der Waals surface area contributed by atoms with Crippen molar-refractivity contribution in [3.63, 3.8) is 0 Å². The van der Waals surface area contributed by atoms with Crippen LogP contribution in [0.4, 0.5) is 5.69 Å². The zero-order chi connectivity index (χ0) is 16.1. The molecule has 0 saturated carbocycles. The molecule has 116 valence electrons. The van der Waals surface area contributed by atoms with Crippen molar-refractivity contribution >= 4 is 17.5 Å². The number of anilines is 1. The summed E-state index contributed by atoms with van der Waals surface area (Å²) in [6.07, 6.45) is 2.07. The summed E-state index contributed by atoms with van der Waals surface area (Å²) in [5, 5.41) is 18.9. The standard InChI is InChI=1S/C15H18N4O3/c1-10(14(21)16-2)13(20)15(22)18-11-4-6-12(7-5-11)19-9-3-8-17-19/h3-10,13,20H,1-2H3,(H,16,21)(H,18,22)/t10-,13-/m1/s1. The normalized spacial score (nSPS) is 13.2. The summed E-state index contributed by atoms with van der Waals surface area (Å²) in [6, 6.07) is 8.79. The lowest BCUT2D eigenvalue weighted by Gasteiger charge is -2.17. The molecule has 1 aromatic carbocycles. The Morgan fingerprint density at radius 2 is 1.91 bits per heavy atom. The maximum absolute atomic E-state index is 11.9. The number of aliphatic hydroxyl groups is 1. The molecule has 2 atom stereocenters. The van der Waals surface area contributed by atoms with Crippen LogP contribution in [0.1, 0.15) is 6.92 Å². The van der Waals surface area contributed by atoms with Gasteiger partial charge in [0.25, 0.3) is 5.91 Å². The van der Waals surface area contributed by atoms with E-state index in [1.54, 1.807) is 35.1 Å². The first-order valence-electron chi connectivity index (χ1n) is 6.83. The maximum atomic E-state index is 11.9. The van der Waals surface area contributed by atoms with Crippen molar-refractivity contribution in [2.45, 2.75) is 13.0 Å². The highest BCUT2D eigenvalue weighted by Crippen LogP contribution is 2.14. The van der Waals surface area contributed by atoms with E-state index in [0.29, 0.717) is 5.69 Å². The smallest absolute Gasteiger partial charge is 0.254 e. The quantitative estimate of drug-likeness (QED) is 0.751. The first kappa shape index (κ1) is 15.7. The van der Waals surface area contributed by atoms with Crippen LogP contribution in [0.3, 0.4) is 0 Å². The molecular weight excluding hydrogens is 284 g/mol. The van der Waals surface area contributed by atoms with E-state index in [0.717, 1.165) is 5.69 Å². The van der Waals surface area contributed by atoms with Gasteiger partial charge in [-0.3, -0.25) is 9.59 Å². The van der Waals surface area contributed by atoms with E-state index < -0.39 is 23.8 Å². The number of hydrogen-bond acceptors (Lipinski definition) is 4. The zero-order valence-corrected chi connectivity index (χ0v) is 12.4. The van der Waals surface area contributed by atoms with Crippen LogP contribution in [0.5, 0.6) is 0 Å². The molecule has 0 fully saturated rings. The summed E-state index contributed by atoms with van der Waals surface area (Å²) in [4.78, 5) is 23.4. The Kier molecular flexibility index (Phi) is 4.90. The number of benzene rings is 1. The average Bonchev–Trinajstić information content (AvgIpc) is 3.07. The van der Waals surface area contributed by atoms with Crippen LogP contribution in [0, 0.1) is 5.92 Å². The van der Waals surface area contributed by atoms with Gasteiger partial charge in [0.15, 0.2) is 0 Å². The van der Waals surface area contributed by atoms with Crippen molar-refractivity contribution in [3.8, 4) is 5.69 Å². The predicted molar refractivity (Wildman–Crippen MR) is 81.4 cm³/mol. The fourth-order valence-corrected chi connectivity index (χ4v) is 1.93. The van der Waals surface area contributed by atoms with Gasteiger partial charge in [-0.1, -0.05) is 6.92 Å². The summed E-state index contributed by atoms with van der Waals surface area (Å²) in [7, 11) is 1.46. The first-order chi connectivity index (χ1) is 10.5. The van der Waals surface area contributed by atoms with Crippen LogP contribution < -0.4 is 10.6 Å². The van der Waals surface area contributed by atoms with Crippen molar-refractivity contribution in [2.24, 2.45) is 5.92 Å². The molecule has 0 spiro atoms. The van der Waals surface area contributed by atoms with E-state index in [1.807, 2.05) is 12.3 Å². The fourth-order valence-electron chi connectivity index (χ4n) is 1.93. The van der Waals surface area contributed by atoms with Crippen molar-refractivity contribution < 1.29 is 14.7 Å². The zero-order valence-electron chi connectivity index (χ0n) is 12.4. The molecule has 0 saturated heterocycles. The van der Waals surface area contributed by atoms with Crippen LogP contribution in [-0.4, -0.2) is 39.9 Å². The Balaban J connectivity index is 2.01. The van der Waals surface area contributed by atoms with Gasteiger partial charge in [-0.05, 0) is 30.3 Å². The topological polar surface area (TPSA) is 96.3 Å². The van der Waals surface area contributed by atoms with Crippen molar-refractivity contribution in [2.75, 3.05) is 12.4 Å². The molecule has 3 N–H and O–H groups in total. The van der Waals surface area contributed by atoms with Gasteiger partial charge >= 0.3 is 0 Å². The second-order valence-electron chi connectivity index (χ2n) is 4.83. The van der Waals surface area contributed by atoms with Gasteiger partial charge in [0.1, 0.15) is 6.10 Å². The summed E-state index contributed by atoms with van der Waals surface area (Å²) in [5.74, 6) is -1.84. The maximum Gasteiger partial charge on any atom is 0.254 e. The highest BCUT2D eigenvalue weighted by molar-refractivity contribution is 5.97. The molecule has 0 radical (unpaired) electrons. The molecular formula is C15H18N4O3.